The zero-order chi connectivity index (χ0) is 25.9. The second kappa shape index (κ2) is 10.8. The quantitative estimate of drug-likeness (QED) is 0.231. The van der Waals surface area contributed by atoms with Crippen molar-refractivity contribution < 1.29 is 18.0 Å². The maximum atomic E-state index is 13.2. The summed E-state index contributed by atoms with van der Waals surface area (Å²) in [6.45, 7) is 2.26. The van der Waals surface area contributed by atoms with Crippen LogP contribution in [-0.2, 0) is 24.3 Å². The largest absolute Gasteiger partial charge is 0.471 e. The van der Waals surface area contributed by atoms with Gasteiger partial charge in [-0.1, -0.05) is 19.8 Å². The Morgan fingerprint density at radius 1 is 1.17 bits per heavy atom. The van der Waals surface area contributed by atoms with Crippen LogP contribution >= 0.6 is 15.9 Å². The normalized spacial score (nSPS) is 12.0. The number of H-pyrrole nitrogens is 1. The van der Waals surface area contributed by atoms with Gasteiger partial charge in [-0.25, -0.2) is 9.38 Å². The maximum absolute atomic E-state index is 13.2. The molecule has 0 spiro atoms. The SMILES string of the molecule is CCCCCn1c2nc(Br)[nH]c2c(=O)n2c(CCCN(Cc3ccncc3)C(=O)C(F)(F)F)nnc12. The number of hydrogen-bond acceptors (Lipinski definition) is 6. The molecular formula is C22H24BrF3N8O2. The molecule has 1 amide bonds. The van der Waals surface area contributed by atoms with Crippen LogP contribution in [-0.4, -0.2) is 57.6 Å². The van der Waals surface area contributed by atoms with Crippen LogP contribution in [0.2, 0.25) is 0 Å². The van der Waals surface area contributed by atoms with Gasteiger partial charge in [0.1, 0.15) is 5.82 Å². The fraction of sp³-hybridized carbons (Fsp3) is 0.455. The molecule has 0 aromatic carbocycles. The van der Waals surface area contributed by atoms with Crippen LogP contribution in [0.25, 0.3) is 16.9 Å². The molecule has 0 aliphatic rings. The number of pyridine rings is 1. The first-order chi connectivity index (χ1) is 17.2. The third-order valence-corrected chi connectivity index (χ3v) is 6.12. The number of hydrogen-bond donors (Lipinski definition) is 1. The summed E-state index contributed by atoms with van der Waals surface area (Å²) in [5.41, 5.74) is 0.856. The first-order valence-electron chi connectivity index (χ1n) is 11.5. The number of nitrogens with one attached hydrogen (secondary N) is 1. The highest BCUT2D eigenvalue weighted by Gasteiger charge is 2.42. The van der Waals surface area contributed by atoms with Gasteiger partial charge in [-0.3, -0.25) is 19.1 Å². The standard InChI is InChI=1S/C22H24BrF3N8O2/c1-2-3-4-12-33-17-16(28-20(23)29-17)18(35)34-15(30-31-21(33)34)6-5-11-32(19(36)22(24,25)26)13-14-7-9-27-10-8-14/h7-10H,2-6,11-13H2,1H3,(H,28,29). The molecule has 10 nitrogen and oxygen atoms in total. The Morgan fingerprint density at radius 2 is 1.92 bits per heavy atom. The Hall–Kier alpha value is -3.29. The molecule has 0 saturated heterocycles. The number of aromatic nitrogens is 7. The number of halogens is 4. The van der Waals surface area contributed by atoms with E-state index in [9.17, 15) is 22.8 Å². The van der Waals surface area contributed by atoms with Crippen molar-refractivity contribution in [3.8, 4) is 0 Å². The average molecular weight is 569 g/mol. The smallest absolute Gasteiger partial charge is 0.331 e. The second-order valence-corrected chi connectivity index (χ2v) is 9.08. The molecule has 0 bridgehead atoms. The van der Waals surface area contributed by atoms with Gasteiger partial charge in [0.05, 0.1) is 0 Å². The molecule has 36 heavy (non-hydrogen) atoms. The van der Waals surface area contributed by atoms with Crippen LogP contribution in [0.5, 0.6) is 0 Å². The monoisotopic (exact) mass is 568 g/mol. The average Bonchev–Trinajstić information content (AvgIpc) is 3.44. The Bertz CT molecular complexity index is 1410. The van der Waals surface area contributed by atoms with E-state index in [-0.39, 0.29) is 31.4 Å². The van der Waals surface area contributed by atoms with Crippen LogP contribution in [0.15, 0.2) is 34.1 Å². The molecule has 0 unspecified atom stereocenters. The van der Waals surface area contributed by atoms with E-state index in [2.05, 4.69) is 48.0 Å². The minimum Gasteiger partial charge on any atom is -0.331 e. The zero-order valence-corrected chi connectivity index (χ0v) is 21.0. The third-order valence-electron chi connectivity index (χ3n) is 5.75. The molecule has 0 radical (unpaired) electrons. The van der Waals surface area contributed by atoms with Crippen LogP contribution in [0, 0.1) is 0 Å². The van der Waals surface area contributed by atoms with Crippen molar-refractivity contribution in [2.75, 3.05) is 6.54 Å². The fourth-order valence-electron chi connectivity index (χ4n) is 4.03. The summed E-state index contributed by atoms with van der Waals surface area (Å²) >= 11 is 3.27. The van der Waals surface area contributed by atoms with Gasteiger partial charge in [0.2, 0.25) is 5.78 Å². The Morgan fingerprint density at radius 3 is 2.61 bits per heavy atom. The number of alkyl halides is 3. The van der Waals surface area contributed by atoms with Crippen molar-refractivity contribution >= 4 is 38.8 Å². The van der Waals surface area contributed by atoms with Crippen LogP contribution in [0.3, 0.4) is 0 Å². The topological polar surface area (TPSA) is 114 Å². The number of rotatable bonds is 10. The lowest BCUT2D eigenvalue weighted by atomic mass is 10.2. The summed E-state index contributed by atoms with van der Waals surface area (Å²) < 4.78 is 43.2. The van der Waals surface area contributed by atoms with E-state index in [4.69, 9.17) is 0 Å². The summed E-state index contributed by atoms with van der Waals surface area (Å²) in [4.78, 5) is 37.1. The van der Waals surface area contributed by atoms with Crippen molar-refractivity contribution in [3.05, 3.63) is 51.0 Å². The molecule has 0 aliphatic heterocycles. The number of amides is 1. The fourth-order valence-corrected chi connectivity index (χ4v) is 4.40. The van der Waals surface area contributed by atoms with Gasteiger partial charge in [0.25, 0.3) is 5.56 Å². The third kappa shape index (κ3) is 5.42. The van der Waals surface area contributed by atoms with Crippen molar-refractivity contribution in [1.29, 1.82) is 0 Å². The number of unbranched alkanes of at least 4 members (excludes halogenated alkanes) is 2. The van der Waals surface area contributed by atoms with Gasteiger partial charge in [-0.05, 0) is 46.5 Å². The Labute approximate surface area is 211 Å². The van der Waals surface area contributed by atoms with E-state index in [0.29, 0.717) is 34.1 Å². The summed E-state index contributed by atoms with van der Waals surface area (Å²) in [5.74, 6) is -1.31. The van der Waals surface area contributed by atoms with Gasteiger partial charge in [-0.2, -0.15) is 13.2 Å². The van der Waals surface area contributed by atoms with Crippen molar-refractivity contribution in [3.63, 3.8) is 0 Å². The molecule has 0 aliphatic carbocycles. The first kappa shape index (κ1) is 25.8. The van der Waals surface area contributed by atoms with Gasteiger partial charge in [-0.15, -0.1) is 10.2 Å². The minimum absolute atomic E-state index is 0.143. The molecule has 192 valence electrons. The summed E-state index contributed by atoms with van der Waals surface area (Å²) in [6.07, 6.45) is 1.03. The number of fused-ring (bicyclic) bond motifs is 2. The molecule has 4 rings (SSSR count). The van der Waals surface area contributed by atoms with Crippen LogP contribution in [0.4, 0.5) is 13.2 Å². The highest BCUT2D eigenvalue weighted by atomic mass is 79.9. The Balaban J connectivity index is 1.60. The number of nitrogens with zero attached hydrogens (tertiary/aromatic N) is 7. The molecule has 0 saturated carbocycles. The molecule has 0 atom stereocenters. The van der Waals surface area contributed by atoms with Crippen molar-refractivity contribution in [2.45, 2.75) is 58.3 Å². The molecular weight excluding hydrogens is 545 g/mol. The predicted octanol–water partition coefficient (Wildman–Crippen LogP) is 3.64. The zero-order valence-electron chi connectivity index (χ0n) is 19.4. The van der Waals surface area contributed by atoms with E-state index >= 15 is 0 Å². The molecule has 4 aromatic rings. The van der Waals surface area contributed by atoms with E-state index in [1.165, 1.54) is 16.8 Å². The highest BCUT2D eigenvalue weighted by Crippen LogP contribution is 2.21. The van der Waals surface area contributed by atoms with Crippen molar-refractivity contribution in [2.24, 2.45) is 0 Å². The van der Waals surface area contributed by atoms with E-state index in [1.807, 2.05) is 4.57 Å². The highest BCUT2D eigenvalue weighted by molar-refractivity contribution is 9.10. The lowest BCUT2D eigenvalue weighted by Gasteiger charge is -2.23. The molecule has 4 heterocycles. The van der Waals surface area contributed by atoms with Gasteiger partial charge >= 0.3 is 12.1 Å². The number of aryl methyl sites for hydroxylation is 2. The van der Waals surface area contributed by atoms with Crippen LogP contribution in [0.1, 0.15) is 44.0 Å². The Kier molecular flexibility index (Phi) is 7.71. The summed E-state index contributed by atoms with van der Waals surface area (Å²) in [7, 11) is 0. The number of imidazole rings is 1. The molecule has 4 aromatic heterocycles. The predicted molar refractivity (Wildman–Crippen MR) is 128 cm³/mol. The first-order valence-corrected chi connectivity index (χ1v) is 12.3. The van der Waals surface area contributed by atoms with Gasteiger partial charge < -0.3 is 9.88 Å². The lowest BCUT2D eigenvalue weighted by Crippen LogP contribution is -2.41. The van der Waals surface area contributed by atoms with E-state index in [1.54, 1.807) is 12.1 Å². The number of aromatic amines is 1. The lowest BCUT2D eigenvalue weighted by molar-refractivity contribution is -0.186. The van der Waals surface area contributed by atoms with Gasteiger partial charge in [0, 0.05) is 38.4 Å². The van der Waals surface area contributed by atoms with E-state index in [0.717, 1.165) is 24.2 Å². The van der Waals surface area contributed by atoms with Crippen molar-refractivity contribution in [1.82, 2.24) is 39.0 Å². The molecule has 0 fully saturated rings. The second-order valence-electron chi connectivity index (χ2n) is 8.33. The molecule has 1 N–H and O–H groups in total. The summed E-state index contributed by atoms with van der Waals surface area (Å²) in [6, 6.07) is 3.11. The maximum Gasteiger partial charge on any atom is 0.471 e. The van der Waals surface area contributed by atoms with E-state index < -0.39 is 17.6 Å². The van der Waals surface area contributed by atoms with Gasteiger partial charge in [0.15, 0.2) is 15.9 Å². The number of carbonyl (C=O) groups is 1. The minimum atomic E-state index is -5.00. The summed E-state index contributed by atoms with van der Waals surface area (Å²) in [5, 5.41) is 8.35. The van der Waals surface area contributed by atoms with Crippen LogP contribution < -0.4 is 5.56 Å². The molecule has 14 heteroatoms. The number of carbonyl (C=O) groups excluding carboxylic acids is 1.